The number of aliphatic carboxylic acids is 1. The van der Waals surface area contributed by atoms with Crippen LogP contribution in [0.4, 0.5) is 0 Å². The molecule has 1 amide bonds. The third-order valence-electron chi connectivity index (χ3n) is 4.48. The third kappa shape index (κ3) is 7.62. The normalized spacial score (nSPS) is 14.0. The minimum absolute atomic E-state index is 0.00136. The highest BCUT2D eigenvalue weighted by molar-refractivity contribution is 9.11. The standard InChI is InChI=1S/C21H24Br2NO7P/c1-11(2)17(9-19(26)27)24-21(28)14-8-13(4-5-18(14)25)31-20-15(22)6-12(7-16(20)23)10-32(3,29)30/h4-8,11,17,25H,9-10H2,1-3H3,(H,24,28)(H,26,27)(H,29,30). The van der Waals surface area contributed by atoms with Gasteiger partial charge in [-0.05, 0) is 73.7 Å². The van der Waals surface area contributed by atoms with Gasteiger partial charge >= 0.3 is 5.97 Å². The van der Waals surface area contributed by atoms with Crippen molar-refractivity contribution in [2.45, 2.75) is 32.5 Å². The minimum Gasteiger partial charge on any atom is -0.507 e. The number of hydrogen-bond acceptors (Lipinski definition) is 5. The first-order chi connectivity index (χ1) is 14.8. The number of aromatic hydroxyl groups is 1. The molecule has 0 saturated carbocycles. The van der Waals surface area contributed by atoms with E-state index in [-0.39, 0.29) is 35.6 Å². The van der Waals surface area contributed by atoms with Crippen molar-refractivity contribution in [2.75, 3.05) is 6.66 Å². The van der Waals surface area contributed by atoms with E-state index in [1.807, 2.05) is 0 Å². The van der Waals surface area contributed by atoms with Crippen molar-refractivity contribution < 1.29 is 34.0 Å². The molecule has 174 valence electrons. The number of phenols is 1. The van der Waals surface area contributed by atoms with Gasteiger partial charge in [-0.1, -0.05) is 13.8 Å². The van der Waals surface area contributed by atoms with Crippen LogP contribution >= 0.6 is 39.2 Å². The van der Waals surface area contributed by atoms with Gasteiger partial charge in [-0.2, -0.15) is 0 Å². The number of phenolic OH excluding ortho intramolecular Hbond substituents is 1. The lowest BCUT2D eigenvalue weighted by Crippen LogP contribution is -2.40. The first-order valence-corrected chi connectivity index (χ1v) is 13.5. The Labute approximate surface area is 202 Å². The Morgan fingerprint density at radius 3 is 2.25 bits per heavy atom. The maximum atomic E-state index is 12.7. The summed E-state index contributed by atoms with van der Waals surface area (Å²) in [5, 5.41) is 21.9. The predicted molar refractivity (Wildman–Crippen MR) is 128 cm³/mol. The second-order valence-corrected chi connectivity index (χ2v) is 11.9. The van der Waals surface area contributed by atoms with Crippen LogP contribution in [0.1, 0.15) is 36.2 Å². The van der Waals surface area contributed by atoms with Gasteiger partial charge < -0.3 is 25.2 Å². The van der Waals surface area contributed by atoms with Crippen LogP contribution < -0.4 is 10.1 Å². The third-order valence-corrected chi connectivity index (χ3v) is 6.61. The molecule has 0 heterocycles. The van der Waals surface area contributed by atoms with E-state index in [2.05, 4.69) is 37.2 Å². The number of amides is 1. The molecule has 0 fully saturated rings. The number of carboxylic acids is 1. The number of nitrogens with one attached hydrogen (secondary N) is 1. The molecule has 0 saturated heterocycles. The lowest BCUT2D eigenvalue weighted by molar-refractivity contribution is -0.137. The summed E-state index contributed by atoms with van der Waals surface area (Å²) in [4.78, 5) is 33.4. The van der Waals surface area contributed by atoms with Crippen LogP contribution in [0.2, 0.25) is 0 Å². The largest absolute Gasteiger partial charge is 0.507 e. The average molecular weight is 593 g/mol. The zero-order valence-corrected chi connectivity index (χ0v) is 21.7. The molecule has 32 heavy (non-hydrogen) atoms. The van der Waals surface area contributed by atoms with E-state index in [9.17, 15) is 24.2 Å². The molecule has 0 spiro atoms. The van der Waals surface area contributed by atoms with Gasteiger partial charge in [0, 0.05) is 18.9 Å². The first kappa shape index (κ1) is 26.4. The maximum absolute atomic E-state index is 12.7. The van der Waals surface area contributed by atoms with E-state index in [0.717, 1.165) is 0 Å². The van der Waals surface area contributed by atoms with Crippen LogP contribution in [0.3, 0.4) is 0 Å². The zero-order valence-electron chi connectivity index (χ0n) is 17.6. The predicted octanol–water partition coefficient (Wildman–Crippen LogP) is 5.34. The molecule has 0 aromatic heterocycles. The summed E-state index contributed by atoms with van der Waals surface area (Å²) in [6, 6.07) is 6.86. The number of carboxylic acid groups (broad SMARTS) is 1. The fraction of sp³-hybridized carbons (Fsp3) is 0.333. The van der Waals surface area contributed by atoms with Gasteiger partial charge in [-0.15, -0.1) is 0 Å². The van der Waals surface area contributed by atoms with Crippen molar-refractivity contribution >= 4 is 51.1 Å². The van der Waals surface area contributed by atoms with E-state index >= 15 is 0 Å². The fourth-order valence-corrected chi connectivity index (χ4v) is 5.21. The Kier molecular flexibility index (Phi) is 8.93. The maximum Gasteiger partial charge on any atom is 0.305 e. The molecule has 2 unspecified atom stereocenters. The Morgan fingerprint density at radius 1 is 1.16 bits per heavy atom. The second kappa shape index (κ2) is 10.8. The van der Waals surface area contributed by atoms with Crippen molar-refractivity contribution in [3.05, 3.63) is 50.4 Å². The number of carbonyl (C=O) groups excluding carboxylic acids is 1. The van der Waals surface area contributed by atoms with Crippen molar-refractivity contribution in [3.63, 3.8) is 0 Å². The Morgan fingerprint density at radius 2 is 1.75 bits per heavy atom. The molecule has 0 aliphatic rings. The minimum atomic E-state index is -3.25. The van der Waals surface area contributed by atoms with Gasteiger partial charge in [0.2, 0.25) is 7.37 Å². The van der Waals surface area contributed by atoms with Gasteiger partial charge in [-0.25, -0.2) is 0 Å². The summed E-state index contributed by atoms with van der Waals surface area (Å²) >= 11 is 6.77. The Balaban J connectivity index is 2.28. The summed E-state index contributed by atoms with van der Waals surface area (Å²) in [6.07, 6.45) is -0.244. The monoisotopic (exact) mass is 591 g/mol. The molecule has 2 aromatic rings. The molecule has 2 rings (SSSR count). The van der Waals surface area contributed by atoms with E-state index in [4.69, 9.17) is 9.84 Å². The molecule has 11 heteroatoms. The topological polar surface area (TPSA) is 133 Å². The SMILES string of the molecule is CC(C)C(CC(=O)O)NC(=O)c1cc(Oc2c(Br)cc(CP(C)(=O)O)cc2Br)ccc1O. The highest BCUT2D eigenvalue weighted by Gasteiger charge is 2.22. The van der Waals surface area contributed by atoms with Gasteiger partial charge in [0.25, 0.3) is 5.91 Å². The lowest BCUT2D eigenvalue weighted by atomic mass is 10.0. The second-order valence-electron chi connectivity index (χ2n) is 7.80. The Bertz CT molecular complexity index is 1050. The molecule has 0 bridgehead atoms. The first-order valence-electron chi connectivity index (χ1n) is 9.57. The van der Waals surface area contributed by atoms with Crippen LogP contribution in [-0.4, -0.2) is 39.7 Å². The summed E-state index contributed by atoms with van der Waals surface area (Å²) in [5.74, 6) is -1.43. The van der Waals surface area contributed by atoms with Crippen molar-refractivity contribution in [1.82, 2.24) is 5.32 Å². The van der Waals surface area contributed by atoms with E-state index in [1.54, 1.807) is 26.0 Å². The van der Waals surface area contributed by atoms with Crippen LogP contribution in [-0.2, 0) is 15.5 Å². The smallest absolute Gasteiger partial charge is 0.305 e. The molecular weight excluding hydrogens is 569 g/mol. The van der Waals surface area contributed by atoms with Crippen LogP contribution in [0.25, 0.3) is 0 Å². The molecule has 0 aliphatic carbocycles. The molecule has 0 radical (unpaired) electrons. The summed E-state index contributed by atoms with van der Waals surface area (Å²) in [6.45, 7) is 4.86. The van der Waals surface area contributed by atoms with Crippen LogP contribution in [0.15, 0.2) is 39.3 Å². The van der Waals surface area contributed by atoms with E-state index < -0.39 is 25.3 Å². The number of ether oxygens (including phenoxy) is 1. The quantitative estimate of drug-likeness (QED) is 0.289. The zero-order chi connectivity index (χ0) is 24.2. The number of rotatable bonds is 9. The summed E-state index contributed by atoms with van der Waals surface area (Å²) < 4.78 is 18.6. The van der Waals surface area contributed by atoms with Gasteiger partial charge in [0.15, 0.2) is 5.75 Å². The number of hydrogen-bond donors (Lipinski definition) is 4. The lowest BCUT2D eigenvalue weighted by Gasteiger charge is -2.21. The Hall–Kier alpha value is -1.87. The highest BCUT2D eigenvalue weighted by Crippen LogP contribution is 2.44. The van der Waals surface area contributed by atoms with Crippen LogP contribution in [0, 0.1) is 5.92 Å². The van der Waals surface area contributed by atoms with Gasteiger partial charge in [0.05, 0.1) is 20.9 Å². The van der Waals surface area contributed by atoms with Crippen molar-refractivity contribution in [2.24, 2.45) is 5.92 Å². The molecule has 2 atom stereocenters. The number of carbonyl (C=O) groups is 2. The number of benzene rings is 2. The fourth-order valence-electron chi connectivity index (χ4n) is 2.91. The number of halogens is 2. The van der Waals surface area contributed by atoms with E-state index in [1.165, 1.54) is 24.9 Å². The summed E-state index contributed by atoms with van der Waals surface area (Å²) in [5.41, 5.74) is 0.572. The summed E-state index contributed by atoms with van der Waals surface area (Å²) in [7, 11) is -3.25. The van der Waals surface area contributed by atoms with E-state index in [0.29, 0.717) is 20.3 Å². The van der Waals surface area contributed by atoms with Crippen LogP contribution in [0.5, 0.6) is 17.2 Å². The molecule has 4 N–H and O–H groups in total. The molecule has 8 nitrogen and oxygen atoms in total. The molecule has 0 aliphatic heterocycles. The van der Waals surface area contributed by atoms with Crippen molar-refractivity contribution in [1.29, 1.82) is 0 Å². The highest BCUT2D eigenvalue weighted by atomic mass is 79.9. The van der Waals surface area contributed by atoms with Gasteiger partial charge in [0.1, 0.15) is 11.5 Å². The average Bonchev–Trinajstić information content (AvgIpc) is 2.63. The molecule has 2 aromatic carbocycles. The van der Waals surface area contributed by atoms with Crippen molar-refractivity contribution in [3.8, 4) is 17.2 Å². The van der Waals surface area contributed by atoms with Gasteiger partial charge in [-0.3, -0.25) is 14.2 Å². The molecular formula is C21H24Br2NO7P.